The molecule has 1 unspecified atom stereocenters. The lowest BCUT2D eigenvalue weighted by Crippen LogP contribution is -2.40. The average molecular weight is 363 g/mol. The van der Waals surface area contributed by atoms with Gasteiger partial charge in [-0.05, 0) is 30.7 Å². The Hall–Kier alpha value is -2.52. The minimum atomic E-state index is -0.384. The number of thiazole rings is 1. The van der Waals surface area contributed by atoms with Crippen molar-refractivity contribution in [1.29, 1.82) is 0 Å². The van der Waals surface area contributed by atoms with Crippen molar-refractivity contribution in [2.24, 2.45) is 5.73 Å². The molecule has 7 nitrogen and oxygen atoms in total. The van der Waals surface area contributed by atoms with Crippen LogP contribution in [0.2, 0.25) is 0 Å². The molecule has 1 aliphatic rings. The van der Waals surface area contributed by atoms with E-state index in [1.165, 1.54) is 35.6 Å². The highest BCUT2D eigenvalue weighted by Crippen LogP contribution is 2.16. The van der Waals surface area contributed by atoms with Gasteiger partial charge in [-0.1, -0.05) is 0 Å². The summed E-state index contributed by atoms with van der Waals surface area (Å²) in [5.74, 6) is -0.519. The van der Waals surface area contributed by atoms with Crippen molar-refractivity contribution >= 4 is 29.0 Å². The molecule has 2 aromatic rings. The monoisotopic (exact) mass is 363 g/mol. The number of hydrogen-bond acceptors (Lipinski definition) is 5. The first-order valence-electron chi connectivity index (χ1n) is 7.82. The molecule has 0 aliphatic carbocycles. The van der Waals surface area contributed by atoms with E-state index in [2.05, 4.69) is 15.6 Å². The molecule has 3 rings (SSSR count). The van der Waals surface area contributed by atoms with Crippen LogP contribution >= 0.6 is 11.3 Å². The summed E-state index contributed by atoms with van der Waals surface area (Å²) in [4.78, 5) is 30.3. The number of nitrogens with two attached hydrogens (primary N) is 1. The minimum Gasteiger partial charge on any atom is -0.335 e. The largest absolute Gasteiger partial charge is 0.335 e. The second-order valence-electron chi connectivity index (χ2n) is 5.67. The maximum Gasteiger partial charge on any atom is 0.319 e. The van der Waals surface area contributed by atoms with E-state index in [0.717, 1.165) is 5.01 Å². The van der Waals surface area contributed by atoms with Gasteiger partial charge < -0.3 is 21.3 Å². The van der Waals surface area contributed by atoms with E-state index in [-0.39, 0.29) is 23.8 Å². The third-order valence-electron chi connectivity index (χ3n) is 3.86. The van der Waals surface area contributed by atoms with E-state index in [9.17, 15) is 14.0 Å². The number of carbonyl (C=O) groups excluding carboxylic acids is 2. The summed E-state index contributed by atoms with van der Waals surface area (Å²) in [5, 5.41) is 7.88. The normalized spacial score (nSPS) is 16.7. The van der Waals surface area contributed by atoms with E-state index < -0.39 is 0 Å². The molecular formula is C16H18FN5O2S. The third-order valence-corrected chi connectivity index (χ3v) is 4.73. The minimum absolute atomic E-state index is 0.142. The van der Waals surface area contributed by atoms with Gasteiger partial charge in [-0.2, -0.15) is 0 Å². The highest BCUT2D eigenvalue weighted by atomic mass is 32.1. The number of amides is 3. The van der Waals surface area contributed by atoms with Crippen LogP contribution in [-0.4, -0.2) is 41.0 Å². The van der Waals surface area contributed by atoms with Gasteiger partial charge in [0.25, 0.3) is 5.91 Å². The summed E-state index contributed by atoms with van der Waals surface area (Å²) in [6.07, 6.45) is 0.663. The molecule has 1 atom stereocenters. The van der Waals surface area contributed by atoms with Crippen LogP contribution < -0.4 is 16.4 Å². The van der Waals surface area contributed by atoms with Gasteiger partial charge in [0, 0.05) is 36.7 Å². The lowest BCUT2D eigenvalue weighted by Gasteiger charge is -2.16. The number of aromatic nitrogens is 1. The van der Waals surface area contributed by atoms with Gasteiger partial charge in [-0.15, -0.1) is 11.3 Å². The van der Waals surface area contributed by atoms with Gasteiger partial charge >= 0.3 is 6.03 Å². The summed E-state index contributed by atoms with van der Waals surface area (Å²) in [6.45, 7) is 1.28. The van der Waals surface area contributed by atoms with Crippen molar-refractivity contribution < 1.29 is 14.0 Å². The number of likely N-dealkylation sites (tertiary alicyclic amines) is 1. The lowest BCUT2D eigenvalue weighted by atomic mass is 10.3. The fraction of sp³-hybridized carbons (Fsp3) is 0.312. The van der Waals surface area contributed by atoms with Crippen molar-refractivity contribution in [3.05, 3.63) is 46.2 Å². The highest BCUT2D eigenvalue weighted by molar-refractivity contribution is 7.09. The summed E-state index contributed by atoms with van der Waals surface area (Å²) < 4.78 is 12.9. The van der Waals surface area contributed by atoms with Crippen molar-refractivity contribution in [1.82, 2.24) is 15.2 Å². The predicted molar refractivity (Wildman–Crippen MR) is 92.9 cm³/mol. The smallest absolute Gasteiger partial charge is 0.319 e. The number of halogens is 1. The zero-order chi connectivity index (χ0) is 17.8. The first kappa shape index (κ1) is 17.3. The number of nitrogens with zero attached hydrogens (tertiary/aromatic N) is 2. The fourth-order valence-corrected chi connectivity index (χ4v) is 3.26. The predicted octanol–water partition coefficient (Wildman–Crippen LogP) is 1.78. The number of hydrogen-bond donors (Lipinski definition) is 3. The molecule has 0 bridgehead atoms. The molecule has 1 aromatic carbocycles. The van der Waals surface area contributed by atoms with Gasteiger partial charge in [0.2, 0.25) is 0 Å². The summed E-state index contributed by atoms with van der Waals surface area (Å²) in [5.41, 5.74) is 6.41. The maximum absolute atomic E-state index is 12.9. The van der Waals surface area contributed by atoms with E-state index >= 15 is 0 Å². The summed E-state index contributed by atoms with van der Waals surface area (Å²) in [7, 11) is 0. The number of rotatable bonds is 4. The van der Waals surface area contributed by atoms with Crippen LogP contribution in [0.15, 0.2) is 29.6 Å². The topological polar surface area (TPSA) is 100 Å². The number of carbonyl (C=O) groups is 2. The molecule has 132 valence electrons. The van der Waals surface area contributed by atoms with E-state index in [0.29, 0.717) is 37.4 Å². The van der Waals surface area contributed by atoms with E-state index in [1.807, 2.05) is 0 Å². The second kappa shape index (κ2) is 7.58. The Balaban J connectivity index is 1.51. The Labute approximate surface area is 148 Å². The van der Waals surface area contributed by atoms with Gasteiger partial charge in [0.1, 0.15) is 16.5 Å². The molecular weight excluding hydrogens is 345 g/mol. The molecule has 0 spiro atoms. The number of urea groups is 1. The van der Waals surface area contributed by atoms with Gasteiger partial charge in [-0.25, -0.2) is 14.2 Å². The molecule has 2 heterocycles. The third kappa shape index (κ3) is 4.31. The quantitative estimate of drug-likeness (QED) is 0.771. The first-order valence-corrected chi connectivity index (χ1v) is 8.70. The Morgan fingerprint density at radius 1 is 1.36 bits per heavy atom. The highest BCUT2D eigenvalue weighted by Gasteiger charge is 2.29. The molecule has 3 amide bonds. The maximum atomic E-state index is 12.9. The van der Waals surface area contributed by atoms with Crippen LogP contribution in [0.4, 0.5) is 14.9 Å². The van der Waals surface area contributed by atoms with Crippen molar-refractivity contribution in [2.75, 3.05) is 18.4 Å². The number of nitrogens with one attached hydrogen (secondary N) is 2. The zero-order valence-electron chi connectivity index (χ0n) is 13.4. The molecule has 0 radical (unpaired) electrons. The Kier molecular flexibility index (Phi) is 5.25. The van der Waals surface area contributed by atoms with Crippen LogP contribution in [0, 0.1) is 5.82 Å². The van der Waals surface area contributed by atoms with E-state index in [1.54, 1.807) is 10.3 Å². The lowest BCUT2D eigenvalue weighted by molar-refractivity contribution is 0.0784. The molecule has 1 fully saturated rings. The van der Waals surface area contributed by atoms with Crippen LogP contribution in [0.1, 0.15) is 21.9 Å². The fourth-order valence-electron chi connectivity index (χ4n) is 2.61. The van der Waals surface area contributed by atoms with Crippen molar-refractivity contribution in [3.8, 4) is 0 Å². The second-order valence-corrected chi connectivity index (χ2v) is 6.62. The number of anilines is 1. The Morgan fingerprint density at radius 2 is 2.12 bits per heavy atom. The van der Waals surface area contributed by atoms with Gasteiger partial charge in [0.15, 0.2) is 0 Å². The Morgan fingerprint density at radius 3 is 2.80 bits per heavy atom. The molecule has 25 heavy (non-hydrogen) atoms. The van der Waals surface area contributed by atoms with Crippen LogP contribution in [-0.2, 0) is 6.54 Å². The standard InChI is InChI=1S/C16H18FN5O2S/c17-10-1-3-11(4-2-10)19-16(24)20-12-5-6-22(8-12)15(23)13-9-25-14(7-18)21-13/h1-4,9,12H,5-8,18H2,(H2,19,20,24). The molecule has 1 saturated heterocycles. The Bertz CT molecular complexity index is 764. The summed E-state index contributed by atoms with van der Waals surface area (Å²) >= 11 is 1.36. The van der Waals surface area contributed by atoms with Gasteiger partial charge in [-0.3, -0.25) is 4.79 Å². The average Bonchev–Trinajstić information content (AvgIpc) is 3.25. The molecule has 4 N–H and O–H groups in total. The number of benzene rings is 1. The first-order chi connectivity index (χ1) is 12.0. The van der Waals surface area contributed by atoms with E-state index in [4.69, 9.17) is 5.73 Å². The molecule has 0 saturated carbocycles. The zero-order valence-corrected chi connectivity index (χ0v) is 14.2. The van der Waals surface area contributed by atoms with Crippen molar-refractivity contribution in [3.63, 3.8) is 0 Å². The van der Waals surface area contributed by atoms with Crippen LogP contribution in [0.5, 0.6) is 0 Å². The molecule has 1 aliphatic heterocycles. The summed E-state index contributed by atoms with van der Waals surface area (Å²) in [6, 6.07) is 4.99. The molecule has 1 aromatic heterocycles. The van der Waals surface area contributed by atoms with Crippen LogP contribution in [0.25, 0.3) is 0 Å². The van der Waals surface area contributed by atoms with Crippen molar-refractivity contribution in [2.45, 2.75) is 19.0 Å². The van der Waals surface area contributed by atoms with Crippen LogP contribution in [0.3, 0.4) is 0 Å². The SMILES string of the molecule is NCc1nc(C(=O)N2CCC(NC(=O)Nc3ccc(F)cc3)C2)cs1. The molecule has 9 heteroatoms. The van der Waals surface area contributed by atoms with Gasteiger partial charge in [0.05, 0.1) is 0 Å².